The predicted octanol–water partition coefficient (Wildman–Crippen LogP) is 1.75. The van der Waals surface area contributed by atoms with Crippen molar-refractivity contribution >= 4 is 27.9 Å². The minimum Gasteiger partial charge on any atom is -0.332 e. The zero-order valence-corrected chi connectivity index (χ0v) is 16.0. The molecule has 0 bridgehead atoms. The highest BCUT2D eigenvalue weighted by atomic mass is 79.9. The summed E-state index contributed by atoms with van der Waals surface area (Å²) in [6.07, 6.45) is 2.10. The maximum atomic E-state index is 12.0. The Hall–Kier alpha value is -2.46. The predicted molar refractivity (Wildman–Crippen MR) is 97.6 cm³/mol. The molecule has 1 heterocycles. The van der Waals surface area contributed by atoms with Gasteiger partial charge in [0.2, 0.25) is 0 Å². The van der Waals surface area contributed by atoms with Gasteiger partial charge in [-0.15, -0.1) is 5.10 Å². The molecule has 3 amide bonds. The van der Waals surface area contributed by atoms with Crippen LogP contribution < -0.4 is 16.1 Å². The van der Waals surface area contributed by atoms with Crippen molar-refractivity contribution < 1.29 is 14.8 Å². The average Bonchev–Trinajstić information content (AvgIpc) is 3.07. The van der Waals surface area contributed by atoms with Crippen molar-refractivity contribution in [2.75, 3.05) is 0 Å². The molecule has 0 aliphatic heterocycles. The van der Waals surface area contributed by atoms with E-state index in [-0.39, 0.29) is 12.5 Å². The number of carbonyl (C=O) groups is 2. The summed E-state index contributed by atoms with van der Waals surface area (Å²) in [6, 6.07) is 6.20. The average molecular weight is 425 g/mol. The largest absolute Gasteiger partial charge is 0.332 e. The summed E-state index contributed by atoms with van der Waals surface area (Å²) in [5.41, 5.74) is 2.95. The molecule has 0 spiro atoms. The van der Waals surface area contributed by atoms with Gasteiger partial charge in [-0.25, -0.2) is 15.0 Å². The molecule has 0 aliphatic rings. The fourth-order valence-electron chi connectivity index (χ4n) is 2.30. The summed E-state index contributed by atoms with van der Waals surface area (Å²) in [5, 5.41) is 22.0. The van der Waals surface area contributed by atoms with Crippen LogP contribution in [0.3, 0.4) is 0 Å². The van der Waals surface area contributed by atoms with E-state index >= 15 is 0 Å². The van der Waals surface area contributed by atoms with Crippen molar-refractivity contribution in [3.8, 4) is 5.69 Å². The van der Waals surface area contributed by atoms with E-state index in [1.807, 2.05) is 38.1 Å². The van der Waals surface area contributed by atoms with Crippen LogP contribution in [-0.2, 0) is 11.3 Å². The molecule has 1 atom stereocenters. The number of rotatable bonds is 7. The number of hydrogen-bond acceptors (Lipinski definition) is 5. The Morgan fingerprint density at radius 1 is 1.31 bits per heavy atom. The van der Waals surface area contributed by atoms with E-state index < -0.39 is 18.0 Å². The third-order valence-electron chi connectivity index (χ3n) is 3.51. The van der Waals surface area contributed by atoms with Crippen LogP contribution in [0.2, 0.25) is 0 Å². The van der Waals surface area contributed by atoms with Crippen LogP contribution in [0.25, 0.3) is 5.69 Å². The molecule has 0 saturated heterocycles. The Kier molecular flexibility index (Phi) is 7.10. The first-order valence-electron chi connectivity index (χ1n) is 8.05. The van der Waals surface area contributed by atoms with Crippen LogP contribution >= 0.6 is 15.9 Å². The molecule has 10 heteroatoms. The molecule has 2 aromatic rings. The maximum absolute atomic E-state index is 12.0. The highest BCUT2D eigenvalue weighted by molar-refractivity contribution is 9.10. The van der Waals surface area contributed by atoms with Crippen molar-refractivity contribution in [3.63, 3.8) is 0 Å². The fourth-order valence-corrected chi connectivity index (χ4v) is 2.76. The Morgan fingerprint density at radius 2 is 2.04 bits per heavy atom. The minimum absolute atomic E-state index is 0.144. The van der Waals surface area contributed by atoms with E-state index in [4.69, 9.17) is 5.21 Å². The normalized spacial score (nSPS) is 11.9. The van der Waals surface area contributed by atoms with Crippen LogP contribution in [0.1, 0.15) is 26.0 Å². The first-order chi connectivity index (χ1) is 12.4. The smallest absolute Gasteiger partial charge is 0.315 e. The van der Waals surface area contributed by atoms with Gasteiger partial charge in [-0.05, 0) is 40.4 Å². The standard InChI is InChI=1S/C16H21BrN6O3/c1-10(2)7-13(15(24)21-26)19-16(25)18-8-11-9-23(22-20-11)14-6-4-3-5-12(14)17/h3-6,9-10,13,26H,7-8H2,1-2H3,(H,21,24)(H2,18,19,25)/t13-/m0/s1. The summed E-state index contributed by atoms with van der Waals surface area (Å²) in [5.74, 6) is -0.490. The first-order valence-corrected chi connectivity index (χ1v) is 8.84. The lowest BCUT2D eigenvalue weighted by molar-refractivity contribution is -0.131. The molecule has 2 rings (SSSR count). The van der Waals surface area contributed by atoms with Crippen LogP contribution in [0.15, 0.2) is 34.9 Å². The molecule has 0 aliphatic carbocycles. The second-order valence-corrected chi connectivity index (χ2v) is 6.95. The van der Waals surface area contributed by atoms with Gasteiger partial charge in [0.1, 0.15) is 11.7 Å². The van der Waals surface area contributed by atoms with Crippen LogP contribution in [0.5, 0.6) is 0 Å². The zero-order chi connectivity index (χ0) is 19.1. The van der Waals surface area contributed by atoms with Gasteiger partial charge < -0.3 is 10.6 Å². The van der Waals surface area contributed by atoms with Gasteiger partial charge in [0.15, 0.2) is 0 Å². The van der Waals surface area contributed by atoms with Crippen molar-refractivity contribution in [2.45, 2.75) is 32.9 Å². The number of halogens is 1. The van der Waals surface area contributed by atoms with Crippen LogP contribution in [-0.4, -0.2) is 38.2 Å². The molecule has 140 valence electrons. The lowest BCUT2D eigenvalue weighted by Gasteiger charge is -2.18. The van der Waals surface area contributed by atoms with Gasteiger partial charge in [0.05, 0.1) is 18.4 Å². The number of urea groups is 1. The summed E-state index contributed by atoms with van der Waals surface area (Å²) in [4.78, 5) is 23.6. The van der Waals surface area contributed by atoms with E-state index in [2.05, 4.69) is 36.9 Å². The van der Waals surface area contributed by atoms with Crippen molar-refractivity contribution in [1.29, 1.82) is 0 Å². The van der Waals surface area contributed by atoms with Crippen molar-refractivity contribution in [3.05, 3.63) is 40.6 Å². The van der Waals surface area contributed by atoms with Gasteiger partial charge in [-0.3, -0.25) is 10.0 Å². The molecule has 0 fully saturated rings. The van der Waals surface area contributed by atoms with Crippen molar-refractivity contribution in [1.82, 2.24) is 31.1 Å². The third-order valence-corrected chi connectivity index (χ3v) is 4.18. The maximum Gasteiger partial charge on any atom is 0.315 e. The number of para-hydroxylation sites is 1. The number of hydrogen-bond donors (Lipinski definition) is 4. The Balaban J connectivity index is 1.93. The molecule has 26 heavy (non-hydrogen) atoms. The SMILES string of the molecule is CC(C)C[C@H](NC(=O)NCc1cn(-c2ccccc2Br)nn1)C(=O)NO. The van der Waals surface area contributed by atoms with E-state index in [9.17, 15) is 9.59 Å². The van der Waals surface area contributed by atoms with Gasteiger partial charge in [-0.2, -0.15) is 0 Å². The Morgan fingerprint density at radius 3 is 2.69 bits per heavy atom. The fraction of sp³-hybridized carbons (Fsp3) is 0.375. The minimum atomic E-state index is -0.823. The second-order valence-electron chi connectivity index (χ2n) is 6.09. The summed E-state index contributed by atoms with van der Waals surface area (Å²) >= 11 is 3.44. The second kappa shape index (κ2) is 9.30. The van der Waals surface area contributed by atoms with E-state index in [1.165, 1.54) is 0 Å². The van der Waals surface area contributed by atoms with Gasteiger partial charge in [-0.1, -0.05) is 31.2 Å². The lowest BCUT2D eigenvalue weighted by Crippen LogP contribution is -2.49. The number of aromatic nitrogens is 3. The number of amides is 3. The van der Waals surface area contributed by atoms with Crippen LogP contribution in [0.4, 0.5) is 4.79 Å². The van der Waals surface area contributed by atoms with E-state index in [1.54, 1.807) is 16.4 Å². The summed E-state index contributed by atoms with van der Waals surface area (Å²) in [6.45, 7) is 3.97. The third kappa shape index (κ3) is 5.53. The molecular formula is C16H21BrN6O3. The number of nitrogens with one attached hydrogen (secondary N) is 3. The zero-order valence-electron chi connectivity index (χ0n) is 14.4. The highest BCUT2D eigenvalue weighted by Crippen LogP contribution is 2.19. The topological polar surface area (TPSA) is 121 Å². The highest BCUT2D eigenvalue weighted by Gasteiger charge is 2.21. The van der Waals surface area contributed by atoms with E-state index in [0.29, 0.717) is 12.1 Å². The molecular weight excluding hydrogens is 404 g/mol. The summed E-state index contributed by atoms with van der Waals surface area (Å²) in [7, 11) is 0. The number of carbonyl (C=O) groups excluding carboxylic acids is 2. The molecule has 0 unspecified atom stereocenters. The van der Waals surface area contributed by atoms with Gasteiger partial charge >= 0.3 is 6.03 Å². The van der Waals surface area contributed by atoms with Crippen LogP contribution in [0, 0.1) is 5.92 Å². The number of benzene rings is 1. The van der Waals surface area contributed by atoms with Gasteiger partial charge in [0, 0.05) is 4.47 Å². The molecule has 1 aromatic heterocycles. The Bertz CT molecular complexity index is 764. The van der Waals surface area contributed by atoms with E-state index in [0.717, 1.165) is 10.2 Å². The Labute approximate surface area is 159 Å². The number of nitrogens with zero attached hydrogens (tertiary/aromatic N) is 3. The molecule has 0 saturated carbocycles. The monoisotopic (exact) mass is 424 g/mol. The summed E-state index contributed by atoms with van der Waals surface area (Å²) < 4.78 is 2.47. The van der Waals surface area contributed by atoms with Gasteiger partial charge in [0.25, 0.3) is 5.91 Å². The lowest BCUT2D eigenvalue weighted by atomic mass is 10.0. The van der Waals surface area contributed by atoms with Crippen molar-refractivity contribution in [2.24, 2.45) is 5.92 Å². The molecule has 1 aromatic carbocycles. The molecule has 9 nitrogen and oxygen atoms in total. The molecule has 0 radical (unpaired) electrons. The first kappa shape index (κ1) is 19.9. The quantitative estimate of drug-likeness (QED) is 0.398. The number of hydroxylamine groups is 1. The molecule has 4 N–H and O–H groups in total.